The van der Waals surface area contributed by atoms with Gasteiger partial charge in [0.1, 0.15) is 17.1 Å². The number of hydrogen-bond acceptors (Lipinski definition) is 3. The molecule has 4 heteroatoms. The summed E-state index contributed by atoms with van der Waals surface area (Å²) in [5.74, 6) is 0.293. The highest BCUT2D eigenvalue weighted by molar-refractivity contribution is 5.96. The Bertz CT molecular complexity index is 786. The number of carboxylic acid groups (broad SMARTS) is 1. The molecule has 0 radical (unpaired) electrons. The van der Waals surface area contributed by atoms with Crippen LogP contribution in [0.3, 0.4) is 0 Å². The standard InChI is InChI=1S/C16H12O4/c1-19-11-6-7-14-10(8-11)9-15(20-14)12-4-2-3-5-13(12)16(17)18/h2-9H,1H3,(H,17,18). The molecule has 3 aromatic rings. The fourth-order valence-corrected chi connectivity index (χ4v) is 2.17. The van der Waals surface area contributed by atoms with Crippen molar-refractivity contribution in [2.45, 2.75) is 0 Å². The zero-order valence-corrected chi connectivity index (χ0v) is 10.8. The summed E-state index contributed by atoms with van der Waals surface area (Å²) in [6, 6.07) is 14.1. The topological polar surface area (TPSA) is 59.7 Å². The number of carboxylic acids is 1. The van der Waals surface area contributed by atoms with E-state index in [1.807, 2.05) is 12.1 Å². The van der Waals surface area contributed by atoms with Crippen molar-refractivity contribution in [3.05, 3.63) is 54.1 Å². The van der Waals surface area contributed by atoms with Crippen LogP contribution in [0.1, 0.15) is 10.4 Å². The van der Waals surface area contributed by atoms with E-state index in [-0.39, 0.29) is 5.56 Å². The van der Waals surface area contributed by atoms with E-state index in [0.29, 0.717) is 16.9 Å². The van der Waals surface area contributed by atoms with Crippen molar-refractivity contribution in [1.29, 1.82) is 0 Å². The van der Waals surface area contributed by atoms with E-state index in [9.17, 15) is 9.90 Å². The number of methoxy groups -OCH3 is 1. The first-order valence-electron chi connectivity index (χ1n) is 6.09. The Labute approximate surface area is 115 Å². The molecule has 1 aromatic heterocycles. The van der Waals surface area contributed by atoms with Crippen molar-refractivity contribution in [2.24, 2.45) is 0 Å². The summed E-state index contributed by atoms with van der Waals surface area (Å²) in [7, 11) is 1.60. The van der Waals surface area contributed by atoms with Gasteiger partial charge in [0.15, 0.2) is 0 Å². The summed E-state index contributed by atoms with van der Waals surface area (Å²) in [6.45, 7) is 0. The minimum absolute atomic E-state index is 0.221. The lowest BCUT2D eigenvalue weighted by atomic mass is 10.1. The predicted octanol–water partition coefficient (Wildman–Crippen LogP) is 3.81. The fourth-order valence-electron chi connectivity index (χ4n) is 2.17. The number of carbonyl (C=O) groups is 1. The van der Waals surface area contributed by atoms with E-state index < -0.39 is 5.97 Å². The van der Waals surface area contributed by atoms with Crippen LogP contribution < -0.4 is 4.74 Å². The zero-order valence-electron chi connectivity index (χ0n) is 10.8. The Hall–Kier alpha value is -2.75. The van der Waals surface area contributed by atoms with Crippen LogP contribution in [0.25, 0.3) is 22.3 Å². The third kappa shape index (κ3) is 2.01. The largest absolute Gasteiger partial charge is 0.497 e. The Morgan fingerprint density at radius 1 is 1.15 bits per heavy atom. The van der Waals surface area contributed by atoms with Crippen LogP contribution in [0.2, 0.25) is 0 Å². The molecule has 0 fully saturated rings. The van der Waals surface area contributed by atoms with Crippen LogP contribution in [0.5, 0.6) is 5.75 Å². The van der Waals surface area contributed by atoms with Crippen molar-refractivity contribution in [2.75, 3.05) is 7.11 Å². The lowest BCUT2D eigenvalue weighted by Gasteiger charge is -2.01. The molecule has 0 aliphatic heterocycles. The third-order valence-electron chi connectivity index (χ3n) is 3.15. The molecule has 100 valence electrons. The molecule has 0 bridgehead atoms. The van der Waals surface area contributed by atoms with Gasteiger partial charge in [-0.05, 0) is 30.3 Å². The van der Waals surface area contributed by atoms with E-state index in [1.54, 1.807) is 43.5 Å². The maximum absolute atomic E-state index is 11.2. The number of benzene rings is 2. The van der Waals surface area contributed by atoms with Gasteiger partial charge in [-0.1, -0.05) is 18.2 Å². The van der Waals surface area contributed by atoms with Crippen LogP contribution >= 0.6 is 0 Å². The highest BCUT2D eigenvalue weighted by Gasteiger charge is 2.14. The van der Waals surface area contributed by atoms with Crippen LogP contribution in [0.4, 0.5) is 0 Å². The predicted molar refractivity (Wildman–Crippen MR) is 75.2 cm³/mol. The maximum atomic E-state index is 11.2. The molecule has 2 aromatic carbocycles. The second-order valence-electron chi connectivity index (χ2n) is 4.37. The summed E-state index contributed by atoms with van der Waals surface area (Å²) < 4.78 is 10.9. The fraction of sp³-hybridized carbons (Fsp3) is 0.0625. The van der Waals surface area contributed by atoms with Crippen LogP contribution in [0, 0.1) is 0 Å². The highest BCUT2D eigenvalue weighted by atomic mass is 16.5. The Kier molecular flexibility index (Phi) is 2.91. The molecule has 0 aliphatic rings. The van der Waals surface area contributed by atoms with E-state index >= 15 is 0 Å². The molecule has 1 N–H and O–H groups in total. The molecule has 0 atom stereocenters. The first-order valence-corrected chi connectivity index (χ1v) is 6.09. The normalized spacial score (nSPS) is 10.7. The second kappa shape index (κ2) is 4.74. The SMILES string of the molecule is COc1ccc2oc(-c3ccccc3C(=O)O)cc2c1. The molecule has 1 heterocycles. The van der Waals surface area contributed by atoms with E-state index in [2.05, 4.69) is 0 Å². The quantitative estimate of drug-likeness (QED) is 0.784. The van der Waals surface area contributed by atoms with Crippen molar-refractivity contribution < 1.29 is 19.1 Å². The summed E-state index contributed by atoms with van der Waals surface area (Å²) in [4.78, 5) is 11.2. The number of fused-ring (bicyclic) bond motifs is 1. The van der Waals surface area contributed by atoms with E-state index in [0.717, 1.165) is 11.1 Å². The molecule has 20 heavy (non-hydrogen) atoms. The summed E-state index contributed by atoms with van der Waals surface area (Å²) >= 11 is 0. The number of ether oxygens (including phenoxy) is 1. The molecule has 0 aliphatic carbocycles. The van der Waals surface area contributed by atoms with E-state index in [1.165, 1.54) is 0 Å². The van der Waals surface area contributed by atoms with Gasteiger partial charge in [-0.25, -0.2) is 4.79 Å². The summed E-state index contributed by atoms with van der Waals surface area (Å²) in [6.07, 6.45) is 0. The highest BCUT2D eigenvalue weighted by Crippen LogP contribution is 2.31. The summed E-state index contributed by atoms with van der Waals surface area (Å²) in [5, 5.41) is 10.1. The van der Waals surface area contributed by atoms with Gasteiger partial charge in [0, 0.05) is 10.9 Å². The molecule has 0 saturated carbocycles. The van der Waals surface area contributed by atoms with E-state index in [4.69, 9.17) is 9.15 Å². The summed E-state index contributed by atoms with van der Waals surface area (Å²) in [5.41, 5.74) is 1.48. The first-order chi connectivity index (χ1) is 9.69. The van der Waals surface area contributed by atoms with Gasteiger partial charge in [-0.2, -0.15) is 0 Å². The minimum Gasteiger partial charge on any atom is -0.497 e. The lowest BCUT2D eigenvalue weighted by molar-refractivity contribution is 0.0697. The van der Waals surface area contributed by atoms with Gasteiger partial charge in [0.25, 0.3) is 0 Å². The number of rotatable bonds is 3. The molecule has 0 amide bonds. The molecular weight excluding hydrogens is 256 g/mol. The molecule has 0 unspecified atom stereocenters. The van der Waals surface area contributed by atoms with Gasteiger partial charge in [-0.15, -0.1) is 0 Å². The monoisotopic (exact) mass is 268 g/mol. The van der Waals surface area contributed by atoms with Crippen LogP contribution in [-0.2, 0) is 0 Å². The molecule has 4 nitrogen and oxygen atoms in total. The van der Waals surface area contributed by atoms with Gasteiger partial charge in [0.2, 0.25) is 0 Å². The lowest BCUT2D eigenvalue weighted by Crippen LogP contribution is -1.98. The third-order valence-corrected chi connectivity index (χ3v) is 3.15. The Morgan fingerprint density at radius 2 is 1.95 bits per heavy atom. The average Bonchev–Trinajstić information content (AvgIpc) is 2.89. The zero-order chi connectivity index (χ0) is 14.1. The van der Waals surface area contributed by atoms with Crippen molar-refractivity contribution in [3.8, 4) is 17.1 Å². The van der Waals surface area contributed by atoms with Gasteiger partial charge >= 0.3 is 5.97 Å². The molecule has 3 rings (SSSR count). The van der Waals surface area contributed by atoms with Crippen molar-refractivity contribution >= 4 is 16.9 Å². The van der Waals surface area contributed by atoms with Crippen LogP contribution in [-0.4, -0.2) is 18.2 Å². The number of hydrogen-bond donors (Lipinski definition) is 1. The van der Waals surface area contributed by atoms with Gasteiger partial charge < -0.3 is 14.3 Å². The average molecular weight is 268 g/mol. The minimum atomic E-state index is -0.973. The Morgan fingerprint density at radius 3 is 2.70 bits per heavy atom. The smallest absolute Gasteiger partial charge is 0.336 e. The van der Waals surface area contributed by atoms with Gasteiger partial charge in [0.05, 0.1) is 12.7 Å². The number of aromatic carboxylic acids is 1. The molecule has 0 saturated heterocycles. The molecular formula is C16H12O4. The molecule has 0 spiro atoms. The van der Waals surface area contributed by atoms with Crippen molar-refractivity contribution in [3.63, 3.8) is 0 Å². The second-order valence-corrected chi connectivity index (χ2v) is 4.37. The first kappa shape index (κ1) is 12.3. The maximum Gasteiger partial charge on any atom is 0.336 e. The van der Waals surface area contributed by atoms with Gasteiger partial charge in [-0.3, -0.25) is 0 Å². The Balaban J connectivity index is 2.18. The van der Waals surface area contributed by atoms with Crippen LogP contribution in [0.15, 0.2) is 52.9 Å². The number of furan rings is 1. The van der Waals surface area contributed by atoms with Crippen molar-refractivity contribution in [1.82, 2.24) is 0 Å².